The highest BCUT2D eigenvalue weighted by Gasteiger charge is 2.12. The van der Waals surface area contributed by atoms with Crippen molar-refractivity contribution >= 4 is 33.1 Å². The monoisotopic (exact) mass is 430 g/mol. The highest BCUT2D eigenvalue weighted by molar-refractivity contribution is 7.92. The van der Waals surface area contributed by atoms with Crippen molar-refractivity contribution in [3.05, 3.63) is 59.2 Å². The predicted molar refractivity (Wildman–Crippen MR) is 121 cm³/mol. The number of amides is 1. The van der Waals surface area contributed by atoms with Gasteiger partial charge >= 0.3 is 0 Å². The lowest BCUT2D eigenvalue weighted by Gasteiger charge is -2.11. The molecule has 2 rings (SSSR count). The predicted octanol–water partition coefficient (Wildman–Crippen LogP) is 4.56. The smallest absolute Gasteiger partial charge is 0.232 e. The van der Waals surface area contributed by atoms with Crippen molar-refractivity contribution in [2.75, 3.05) is 15.8 Å². The summed E-state index contributed by atoms with van der Waals surface area (Å²) in [5, 5.41) is 2.76. The fraction of sp³-hybridized carbons (Fsp3) is 0.391. The van der Waals surface area contributed by atoms with Gasteiger partial charge in [-0.05, 0) is 55.5 Å². The molecule has 1 amide bonds. The summed E-state index contributed by atoms with van der Waals surface area (Å²) in [4.78, 5) is 24.6. The number of hydrogen-bond donors (Lipinski definition) is 2. The van der Waals surface area contributed by atoms with Crippen molar-refractivity contribution in [3.8, 4) is 0 Å². The number of carbonyl (C=O) groups excluding carboxylic acids is 2. The lowest BCUT2D eigenvalue weighted by Crippen LogP contribution is -2.16. The van der Waals surface area contributed by atoms with Gasteiger partial charge in [0.15, 0.2) is 5.78 Å². The lowest BCUT2D eigenvalue weighted by molar-refractivity contribution is -0.116. The minimum atomic E-state index is -3.36. The first-order valence-electron chi connectivity index (χ1n) is 10.1. The standard InChI is InChI=1S/C23H30N2O4S/c1-5-30(28,29)25-21-11-10-20(15-17(21)4)24-23(27)13-12-22(26)19-8-6-18(7-9-19)14-16(2)3/h6-11,15-16,25H,5,12-14H2,1-4H3,(H,24,27). The SMILES string of the molecule is CCS(=O)(=O)Nc1ccc(NC(=O)CCC(=O)c2ccc(CC(C)C)cc2)cc1C. The van der Waals surface area contributed by atoms with Crippen molar-refractivity contribution in [3.63, 3.8) is 0 Å². The summed E-state index contributed by atoms with van der Waals surface area (Å²) in [5.74, 6) is 0.210. The van der Waals surface area contributed by atoms with Crippen LogP contribution in [0.1, 0.15) is 55.1 Å². The maximum atomic E-state index is 12.4. The van der Waals surface area contributed by atoms with Crippen molar-refractivity contribution in [1.82, 2.24) is 0 Å². The minimum absolute atomic E-state index is 0.0145. The number of ketones is 1. The number of anilines is 2. The summed E-state index contributed by atoms with van der Waals surface area (Å²) in [7, 11) is -3.36. The molecule has 0 atom stereocenters. The average molecular weight is 431 g/mol. The topological polar surface area (TPSA) is 92.3 Å². The Morgan fingerprint density at radius 1 is 1.00 bits per heavy atom. The highest BCUT2D eigenvalue weighted by Crippen LogP contribution is 2.21. The molecule has 0 aliphatic rings. The van der Waals surface area contributed by atoms with E-state index in [1.807, 2.05) is 24.3 Å². The zero-order chi connectivity index (χ0) is 22.3. The van der Waals surface area contributed by atoms with E-state index in [1.165, 1.54) is 5.56 Å². The van der Waals surface area contributed by atoms with Gasteiger partial charge in [-0.25, -0.2) is 8.42 Å². The van der Waals surface area contributed by atoms with Crippen LogP contribution in [-0.4, -0.2) is 25.9 Å². The van der Waals surface area contributed by atoms with Crippen molar-refractivity contribution in [2.45, 2.75) is 47.0 Å². The van der Waals surface area contributed by atoms with E-state index in [2.05, 4.69) is 23.9 Å². The molecule has 0 heterocycles. The summed E-state index contributed by atoms with van der Waals surface area (Å²) >= 11 is 0. The number of Topliss-reactive ketones (excluding diaryl/α,β-unsaturated/α-hetero) is 1. The maximum Gasteiger partial charge on any atom is 0.232 e. The van der Waals surface area contributed by atoms with Gasteiger partial charge in [-0.1, -0.05) is 38.1 Å². The third-order valence-corrected chi connectivity index (χ3v) is 5.95. The molecule has 6 nitrogen and oxygen atoms in total. The molecule has 0 fully saturated rings. The molecule has 2 aromatic carbocycles. The molecule has 0 aliphatic carbocycles. The van der Waals surface area contributed by atoms with Gasteiger partial charge < -0.3 is 5.32 Å². The first-order chi connectivity index (χ1) is 14.1. The molecule has 0 aromatic heterocycles. The van der Waals surface area contributed by atoms with Crippen LogP contribution >= 0.6 is 0 Å². The molecule has 162 valence electrons. The molecular formula is C23H30N2O4S. The van der Waals surface area contributed by atoms with Crippen molar-refractivity contribution in [1.29, 1.82) is 0 Å². The average Bonchev–Trinajstić information content (AvgIpc) is 2.68. The molecular weight excluding hydrogens is 400 g/mol. The number of nitrogens with one attached hydrogen (secondary N) is 2. The molecule has 0 saturated carbocycles. The first kappa shape index (κ1) is 23.6. The normalized spacial score (nSPS) is 11.4. The number of benzene rings is 2. The number of rotatable bonds is 10. The molecule has 0 spiro atoms. The van der Waals surface area contributed by atoms with E-state index >= 15 is 0 Å². The van der Waals surface area contributed by atoms with E-state index in [1.54, 1.807) is 32.0 Å². The molecule has 0 unspecified atom stereocenters. The van der Waals surface area contributed by atoms with Crippen LogP contribution in [0.15, 0.2) is 42.5 Å². The Morgan fingerprint density at radius 3 is 2.23 bits per heavy atom. The van der Waals surface area contributed by atoms with Crippen LogP contribution in [0.3, 0.4) is 0 Å². The number of carbonyl (C=O) groups is 2. The minimum Gasteiger partial charge on any atom is -0.326 e. The van der Waals surface area contributed by atoms with Gasteiger partial charge in [-0.3, -0.25) is 14.3 Å². The Morgan fingerprint density at radius 2 is 1.67 bits per heavy atom. The quantitative estimate of drug-likeness (QED) is 0.541. The number of sulfonamides is 1. The van der Waals surface area contributed by atoms with Gasteiger partial charge in [0.25, 0.3) is 0 Å². The van der Waals surface area contributed by atoms with Gasteiger partial charge in [0.1, 0.15) is 0 Å². The van der Waals surface area contributed by atoms with Gasteiger partial charge in [0, 0.05) is 24.1 Å². The number of hydrogen-bond acceptors (Lipinski definition) is 4. The van der Waals surface area contributed by atoms with Crippen LogP contribution in [-0.2, 0) is 21.2 Å². The van der Waals surface area contributed by atoms with Crippen molar-refractivity contribution in [2.24, 2.45) is 5.92 Å². The third kappa shape index (κ3) is 7.30. The Labute approximate surface area is 179 Å². The molecule has 30 heavy (non-hydrogen) atoms. The molecule has 2 aromatic rings. The summed E-state index contributed by atoms with van der Waals surface area (Å²) in [5.41, 5.74) is 3.54. The largest absolute Gasteiger partial charge is 0.326 e. The van der Waals surface area contributed by atoms with E-state index in [4.69, 9.17) is 0 Å². The molecule has 0 radical (unpaired) electrons. The van der Waals surface area contributed by atoms with E-state index in [0.29, 0.717) is 28.4 Å². The van der Waals surface area contributed by atoms with Crippen LogP contribution in [0.25, 0.3) is 0 Å². The molecule has 2 N–H and O–H groups in total. The fourth-order valence-electron chi connectivity index (χ4n) is 2.99. The molecule has 0 aliphatic heterocycles. The third-order valence-electron chi connectivity index (χ3n) is 4.65. The van der Waals surface area contributed by atoms with Crippen molar-refractivity contribution < 1.29 is 18.0 Å². The lowest BCUT2D eigenvalue weighted by atomic mass is 9.99. The second-order valence-electron chi connectivity index (χ2n) is 7.80. The fourth-order valence-corrected chi connectivity index (χ4v) is 3.70. The first-order valence-corrected chi connectivity index (χ1v) is 11.8. The molecule has 7 heteroatoms. The van der Waals surface area contributed by atoms with Gasteiger partial charge in [0.05, 0.1) is 11.4 Å². The van der Waals surface area contributed by atoms with Crippen LogP contribution < -0.4 is 10.0 Å². The van der Waals surface area contributed by atoms with Crippen LogP contribution in [0, 0.1) is 12.8 Å². The van der Waals surface area contributed by atoms with Gasteiger partial charge in [-0.2, -0.15) is 0 Å². The van der Waals surface area contributed by atoms with Gasteiger partial charge in [0.2, 0.25) is 15.9 Å². The van der Waals surface area contributed by atoms with E-state index < -0.39 is 10.0 Å². The second-order valence-corrected chi connectivity index (χ2v) is 9.81. The highest BCUT2D eigenvalue weighted by atomic mass is 32.2. The molecule has 0 bridgehead atoms. The van der Waals surface area contributed by atoms with Crippen LogP contribution in [0.4, 0.5) is 11.4 Å². The van der Waals surface area contributed by atoms with Crippen LogP contribution in [0.5, 0.6) is 0 Å². The Bertz CT molecular complexity index is 996. The summed E-state index contributed by atoms with van der Waals surface area (Å²) in [6.07, 6.45) is 1.17. The van der Waals surface area contributed by atoms with E-state index in [-0.39, 0.29) is 30.3 Å². The maximum absolute atomic E-state index is 12.4. The molecule has 0 saturated heterocycles. The van der Waals surface area contributed by atoms with Crippen LogP contribution in [0.2, 0.25) is 0 Å². The zero-order valence-corrected chi connectivity index (χ0v) is 18.8. The Hall–Kier alpha value is -2.67. The Kier molecular flexibility index (Phi) is 8.17. The zero-order valence-electron chi connectivity index (χ0n) is 18.0. The van der Waals surface area contributed by atoms with Gasteiger partial charge in [-0.15, -0.1) is 0 Å². The second kappa shape index (κ2) is 10.4. The number of aryl methyl sites for hydroxylation is 1. The van der Waals surface area contributed by atoms with E-state index in [9.17, 15) is 18.0 Å². The summed E-state index contributed by atoms with van der Waals surface area (Å²) in [6.45, 7) is 7.62. The summed E-state index contributed by atoms with van der Waals surface area (Å²) < 4.78 is 25.9. The summed E-state index contributed by atoms with van der Waals surface area (Å²) in [6, 6.07) is 12.5. The van der Waals surface area contributed by atoms with E-state index in [0.717, 1.165) is 6.42 Å². The Balaban J connectivity index is 1.89.